The van der Waals surface area contributed by atoms with Gasteiger partial charge in [-0.15, -0.1) is 11.8 Å². The lowest BCUT2D eigenvalue weighted by molar-refractivity contribution is 0.0598. The van der Waals surface area contributed by atoms with Gasteiger partial charge in [0, 0.05) is 24.0 Å². The molecule has 1 unspecified atom stereocenters. The highest BCUT2D eigenvalue weighted by Gasteiger charge is 2.32. The van der Waals surface area contributed by atoms with E-state index in [9.17, 15) is 9.59 Å². The molecule has 0 saturated carbocycles. The molecule has 4 rings (SSSR count). The van der Waals surface area contributed by atoms with E-state index in [4.69, 9.17) is 9.15 Å². The van der Waals surface area contributed by atoms with Crippen molar-refractivity contribution in [2.24, 2.45) is 0 Å². The molecule has 0 radical (unpaired) electrons. The number of hydrogen-bond donors (Lipinski definition) is 0. The van der Waals surface area contributed by atoms with Gasteiger partial charge in [-0.1, -0.05) is 12.1 Å². The van der Waals surface area contributed by atoms with Gasteiger partial charge in [0.05, 0.1) is 24.7 Å². The van der Waals surface area contributed by atoms with Crippen molar-refractivity contribution in [1.82, 2.24) is 9.80 Å². The number of benzene rings is 1. The number of amides is 1. The molecule has 29 heavy (non-hydrogen) atoms. The molecule has 154 valence electrons. The molecule has 2 aromatic rings. The quantitative estimate of drug-likeness (QED) is 0.531. The average molecular weight is 415 g/mol. The molecule has 0 spiro atoms. The van der Waals surface area contributed by atoms with Crippen LogP contribution < -0.4 is 0 Å². The van der Waals surface area contributed by atoms with E-state index < -0.39 is 5.97 Å². The predicted molar refractivity (Wildman–Crippen MR) is 111 cm³/mol. The van der Waals surface area contributed by atoms with E-state index in [1.807, 2.05) is 29.2 Å². The number of carbonyl (C=O) groups is 2. The van der Waals surface area contributed by atoms with Crippen molar-refractivity contribution in [3.63, 3.8) is 0 Å². The van der Waals surface area contributed by atoms with Gasteiger partial charge in [0.15, 0.2) is 0 Å². The Kier molecular flexibility index (Phi) is 6.25. The molecule has 2 saturated heterocycles. The number of carbonyl (C=O) groups excluding carboxylic acids is 2. The second kappa shape index (κ2) is 9.05. The zero-order chi connectivity index (χ0) is 20.2. The molecule has 3 heterocycles. The fourth-order valence-corrected chi connectivity index (χ4v) is 5.15. The molecule has 0 aliphatic carbocycles. The highest BCUT2D eigenvalue weighted by molar-refractivity contribution is 7.98. The number of likely N-dealkylation sites (tertiary alicyclic amines) is 2. The third-order valence-corrected chi connectivity index (χ3v) is 6.81. The van der Waals surface area contributed by atoms with Crippen LogP contribution in [0.5, 0.6) is 0 Å². The highest BCUT2D eigenvalue weighted by atomic mass is 32.2. The summed E-state index contributed by atoms with van der Waals surface area (Å²) in [6.07, 6.45) is 5.08. The van der Waals surface area contributed by atoms with Gasteiger partial charge in [-0.25, -0.2) is 4.79 Å². The molecule has 7 heteroatoms. The van der Waals surface area contributed by atoms with Gasteiger partial charge >= 0.3 is 5.97 Å². The van der Waals surface area contributed by atoms with Gasteiger partial charge < -0.3 is 14.1 Å². The molecule has 2 aliphatic heterocycles. The third kappa shape index (κ3) is 4.36. The van der Waals surface area contributed by atoms with Crippen LogP contribution in [0.3, 0.4) is 0 Å². The number of ether oxygens (including phenoxy) is 1. The number of thioether (sulfide) groups is 1. The summed E-state index contributed by atoms with van der Waals surface area (Å²) >= 11 is 1.50. The standard InChI is InChI=1S/C22H26N2O4S/c1-27-22(26)17-9-13-28-19(17)15-29-20-7-3-2-6-18(20)21(25)24-12-8-16(14-24)23-10-4-5-11-23/h2-3,6-7,9,13,16H,4-5,8,10-12,14-15H2,1H3. The van der Waals surface area contributed by atoms with Crippen LogP contribution in [-0.2, 0) is 10.5 Å². The van der Waals surface area contributed by atoms with E-state index in [-0.39, 0.29) is 5.91 Å². The minimum absolute atomic E-state index is 0.0856. The maximum atomic E-state index is 13.2. The summed E-state index contributed by atoms with van der Waals surface area (Å²) in [5, 5.41) is 0. The van der Waals surface area contributed by atoms with E-state index in [0.717, 1.165) is 37.5 Å². The summed E-state index contributed by atoms with van der Waals surface area (Å²) in [4.78, 5) is 30.5. The lowest BCUT2D eigenvalue weighted by Gasteiger charge is -2.24. The predicted octanol–water partition coefficient (Wildman–Crippen LogP) is 3.67. The van der Waals surface area contributed by atoms with Crippen LogP contribution >= 0.6 is 11.8 Å². The number of rotatable bonds is 6. The van der Waals surface area contributed by atoms with Crippen LogP contribution in [0.25, 0.3) is 0 Å². The smallest absolute Gasteiger partial charge is 0.341 e. The first-order chi connectivity index (χ1) is 14.2. The van der Waals surface area contributed by atoms with E-state index in [0.29, 0.717) is 28.7 Å². The van der Waals surface area contributed by atoms with Crippen LogP contribution in [0.2, 0.25) is 0 Å². The Morgan fingerprint density at radius 1 is 1.14 bits per heavy atom. The zero-order valence-corrected chi connectivity index (χ0v) is 17.5. The lowest BCUT2D eigenvalue weighted by Crippen LogP contribution is -2.37. The SMILES string of the molecule is COC(=O)c1ccoc1CSc1ccccc1C(=O)N1CCC(N2CCCC2)C1. The van der Waals surface area contributed by atoms with Gasteiger partial charge in [-0.05, 0) is 50.6 Å². The third-order valence-electron chi connectivity index (χ3n) is 5.73. The number of methoxy groups -OCH3 is 1. The molecular weight excluding hydrogens is 388 g/mol. The van der Waals surface area contributed by atoms with Crippen molar-refractivity contribution < 1.29 is 18.7 Å². The van der Waals surface area contributed by atoms with Gasteiger partial charge in [-0.3, -0.25) is 9.69 Å². The van der Waals surface area contributed by atoms with Gasteiger partial charge in [0.25, 0.3) is 5.91 Å². The Labute approximate surface area is 175 Å². The number of nitrogens with zero attached hydrogens (tertiary/aromatic N) is 2. The maximum absolute atomic E-state index is 13.2. The van der Waals surface area contributed by atoms with Crippen molar-refractivity contribution >= 4 is 23.6 Å². The Hall–Kier alpha value is -2.25. The van der Waals surface area contributed by atoms with Crippen LogP contribution in [0.4, 0.5) is 0 Å². The summed E-state index contributed by atoms with van der Waals surface area (Å²) in [6.45, 7) is 3.93. The van der Waals surface area contributed by atoms with E-state index in [2.05, 4.69) is 4.90 Å². The fraction of sp³-hybridized carbons (Fsp3) is 0.455. The Morgan fingerprint density at radius 3 is 2.72 bits per heavy atom. The molecular formula is C22H26N2O4S. The van der Waals surface area contributed by atoms with Gasteiger partial charge in [0.2, 0.25) is 0 Å². The van der Waals surface area contributed by atoms with E-state index >= 15 is 0 Å². The molecule has 6 nitrogen and oxygen atoms in total. The topological polar surface area (TPSA) is 63.0 Å². The molecule has 1 amide bonds. The number of hydrogen-bond acceptors (Lipinski definition) is 6. The molecule has 2 fully saturated rings. The Balaban J connectivity index is 1.44. The number of esters is 1. The minimum Gasteiger partial charge on any atom is -0.468 e. The molecule has 1 aromatic carbocycles. The van der Waals surface area contributed by atoms with Gasteiger partial charge in [-0.2, -0.15) is 0 Å². The average Bonchev–Trinajstić information content (AvgIpc) is 3.52. The first-order valence-corrected chi connectivity index (χ1v) is 11.1. The minimum atomic E-state index is -0.413. The van der Waals surface area contributed by atoms with E-state index in [1.54, 1.807) is 6.07 Å². The van der Waals surface area contributed by atoms with Gasteiger partial charge in [0.1, 0.15) is 11.3 Å². The first kappa shape index (κ1) is 20.0. The van der Waals surface area contributed by atoms with Crippen LogP contribution in [0.1, 0.15) is 45.7 Å². The van der Waals surface area contributed by atoms with Crippen molar-refractivity contribution in [3.8, 4) is 0 Å². The zero-order valence-electron chi connectivity index (χ0n) is 16.6. The Bertz CT molecular complexity index is 875. The maximum Gasteiger partial charge on any atom is 0.341 e. The Morgan fingerprint density at radius 2 is 1.93 bits per heavy atom. The van der Waals surface area contributed by atoms with Crippen molar-refractivity contribution in [2.75, 3.05) is 33.3 Å². The fourth-order valence-electron chi connectivity index (χ4n) is 4.16. The molecule has 1 atom stereocenters. The van der Waals surface area contributed by atoms with Crippen molar-refractivity contribution in [3.05, 3.63) is 53.5 Å². The summed E-state index contributed by atoms with van der Waals surface area (Å²) in [5.41, 5.74) is 1.14. The molecule has 0 bridgehead atoms. The number of furan rings is 1. The molecule has 0 N–H and O–H groups in total. The molecule has 2 aliphatic rings. The second-order valence-corrected chi connectivity index (χ2v) is 8.49. The highest BCUT2D eigenvalue weighted by Crippen LogP contribution is 2.30. The largest absolute Gasteiger partial charge is 0.468 e. The van der Waals surface area contributed by atoms with Crippen LogP contribution in [0, 0.1) is 0 Å². The summed E-state index contributed by atoms with van der Waals surface area (Å²) in [5.74, 6) is 0.684. The van der Waals surface area contributed by atoms with Crippen LogP contribution in [0.15, 0.2) is 45.9 Å². The normalized spacial score (nSPS) is 19.6. The second-order valence-electron chi connectivity index (χ2n) is 7.47. The monoisotopic (exact) mass is 414 g/mol. The van der Waals surface area contributed by atoms with E-state index in [1.165, 1.54) is 38.0 Å². The summed E-state index contributed by atoms with van der Waals surface area (Å²) in [6, 6.07) is 9.77. The van der Waals surface area contributed by atoms with Crippen molar-refractivity contribution in [2.45, 2.75) is 36.0 Å². The lowest BCUT2D eigenvalue weighted by atomic mass is 10.2. The summed E-state index contributed by atoms with van der Waals surface area (Å²) in [7, 11) is 1.35. The van der Waals surface area contributed by atoms with Crippen molar-refractivity contribution in [1.29, 1.82) is 0 Å². The molecule has 1 aromatic heterocycles. The first-order valence-electron chi connectivity index (χ1n) is 10.1. The van der Waals surface area contributed by atoms with Crippen LogP contribution in [-0.4, -0.2) is 61.0 Å². The summed E-state index contributed by atoms with van der Waals surface area (Å²) < 4.78 is 10.3.